The molecule has 0 saturated carbocycles. The third-order valence-corrected chi connectivity index (χ3v) is 2.94. The van der Waals surface area contributed by atoms with Gasteiger partial charge in [0.25, 0.3) is 0 Å². The van der Waals surface area contributed by atoms with Gasteiger partial charge in [0.05, 0.1) is 10.6 Å². The van der Waals surface area contributed by atoms with Gasteiger partial charge in [-0.05, 0) is 17.7 Å². The number of rotatable bonds is 3. The minimum atomic E-state index is -3.20. The lowest BCUT2D eigenvalue weighted by atomic mass is 10.0. The minimum Gasteiger partial charge on any atom is -0.433 e. The van der Waals surface area contributed by atoms with Gasteiger partial charge in [0.1, 0.15) is 5.75 Å². The number of alkyl halides is 2. The fourth-order valence-corrected chi connectivity index (χ4v) is 1.93. The normalized spacial score (nSPS) is 11.1. The molecule has 0 unspecified atom stereocenters. The highest BCUT2D eigenvalue weighted by Crippen LogP contribution is 2.36. The van der Waals surface area contributed by atoms with E-state index >= 15 is 0 Å². The van der Waals surface area contributed by atoms with E-state index in [1.165, 1.54) is 0 Å². The maximum absolute atomic E-state index is 13.6. The van der Waals surface area contributed by atoms with Gasteiger partial charge in [-0.15, -0.1) is 0 Å². The van der Waals surface area contributed by atoms with Crippen LogP contribution in [0, 0.1) is 29.1 Å². The maximum Gasteiger partial charge on any atom is 0.387 e. The standard InChI is InChI=1S/C13H4ClF7O/c14-5-3-4(1-2-6(5)22-13(20)21)7-8(15)10(17)12(19)11(18)9(7)16/h1-3,13H. The average molecular weight is 345 g/mol. The molecule has 0 N–H and O–H groups in total. The first-order valence-corrected chi connectivity index (χ1v) is 5.88. The molecular weight excluding hydrogens is 341 g/mol. The van der Waals surface area contributed by atoms with Gasteiger partial charge in [0.2, 0.25) is 5.82 Å². The highest BCUT2D eigenvalue weighted by Gasteiger charge is 2.27. The van der Waals surface area contributed by atoms with Crippen molar-refractivity contribution >= 4 is 11.6 Å². The summed E-state index contributed by atoms with van der Waals surface area (Å²) in [4.78, 5) is 0. The Balaban J connectivity index is 2.61. The van der Waals surface area contributed by atoms with Crippen LogP contribution in [0.4, 0.5) is 30.7 Å². The zero-order valence-corrected chi connectivity index (χ0v) is 11.0. The highest BCUT2D eigenvalue weighted by molar-refractivity contribution is 6.32. The lowest BCUT2D eigenvalue weighted by Gasteiger charge is -2.11. The van der Waals surface area contributed by atoms with Crippen LogP contribution in [-0.2, 0) is 0 Å². The number of halogens is 8. The van der Waals surface area contributed by atoms with Crippen LogP contribution in [0.5, 0.6) is 5.75 Å². The molecule has 0 bridgehead atoms. The lowest BCUT2D eigenvalue weighted by Crippen LogP contribution is -2.05. The number of hydrogen-bond acceptors (Lipinski definition) is 1. The zero-order valence-electron chi connectivity index (χ0n) is 10.2. The molecule has 0 spiro atoms. The fraction of sp³-hybridized carbons (Fsp3) is 0.0769. The van der Waals surface area contributed by atoms with Crippen LogP contribution in [0.3, 0.4) is 0 Å². The summed E-state index contributed by atoms with van der Waals surface area (Å²) in [6.07, 6.45) is 0. The number of benzene rings is 2. The quantitative estimate of drug-likeness (QED) is 0.417. The summed E-state index contributed by atoms with van der Waals surface area (Å²) in [7, 11) is 0. The van der Waals surface area contributed by atoms with Gasteiger partial charge in [-0.3, -0.25) is 0 Å². The molecule has 0 radical (unpaired) electrons. The molecule has 22 heavy (non-hydrogen) atoms. The summed E-state index contributed by atoms with van der Waals surface area (Å²) >= 11 is 5.57. The van der Waals surface area contributed by atoms with Gasteiger partial charge in [-0.25, -0.2) is 22.0 Å². The van der Waals surface area contributed by atoms with Crippen molar-refractivity contribution in [3.8, 4) is 16.9 Å². The predicted molar refractivity (Wildman–Crippen MR) is 63.3 cm³/mol. The first-order valence-electron chi connectivity index (χ1n) is 5.50. The van der Waals surface area contributed by atoms with Crippen molar-refractivity contribution in [2.75, 3.05) is 0 Å². The number of hydrogen-bond donors (Lipinski definition) is 0. The Morgan fingerprint density at radius 2 is 1.32 bits per heavy atom. The van der Waals surface area contributed by atoms with E-state index in [2.05, 4.69) is 4.74 Å². The van der Waals surface area contributed by atoms with E-state index in [1.807, 2.05) is 0 Å². The van der Waals surface area contributed by atoms with E-state index < -0.39 is 57.6 Å². The Morgan fingerprint density at radius 3 is 1.77 bits per heavy atom. The second-order valence-corrected chi connectivity index (χ2v) is 4.38. The Kier molecular flexibility index (Phi) is 4.50. The molecule has 0 fully saturated rings. The Bertz CT molecular complexity index is 704. The van der Waals surface area contributed by atoms with Crippen molar-refractivity contribution in [3.05, 3.63) is 52.3 Å². The fourth-order valence-electron chi connectivity index (χ4n) is 1.71. The van der Waals surface area contributed by atoms with Crippen molar-refractivity contribution in [2.24, 2.45) is 0 Å². The van der Waals surface area contributed by atoms with Gasteiger partial charge >= 0.3 is 6.61 Å². The predicted octanol–water partition coefficient (Wildman–Crippen LogP) is 5.30. The molecule has 0 aliphatic rings. The third kappa shape index (κ3) is 2.83. The molecule has 2 aromatic carbocycles. The molecule has 118 valence electrons. The monoisotopic (exact) mass is 344 g/mol. The molecule has 2 rings (SSSR count). The summed E-state index contributed by atoms with van der Waals surface area (Å²) in [6, 6.07) is 2.40. The highest BCUT2D eigenvalue weighted by atomic mass is 35.5. The van der Waals surface area contributed by atoms with Gasteiger partial charge in [-0.1, -0.05) is 17.7 Å². The summed E-state index contributed by atoms with van der Waals surface area (Å²) in [5, 5.41) is -0.484. The van der Waals surface area contributed by atoms with Crippen LogP contribution in [0.2, 0.25) is 5.02 Å². The van der Waals surface area contributed by atoms with Crippen LogP contribution in [0.15, 0.2) is 18.2 Å². The van der Waals surface area contributed by atoms with E-state index in [0.29, 0.717) is 0 Å². The molecule has 1 nitrogen and oxygen atoms in total. The molecule has 0 amide bonds. The van der Waals surface area contributed by atoms with E-state index in [0.717, 1.165) is 18.2 Å². The Morgan fingerprint density at radius 1 is 0.818 bits per heavy atom. The Hall–Kier alpha value is -1.96. The van der Waals surface area contributed by atoms with Crippen LogP contribution >= 0.6 is 11.6 Å². The second-order valence-electron chi connectivity index (χ2n) is 3.97. The molecule has 0 aliphatic heterocycles. The van der Waals surface area contributed by atoms with Crippen LogP contribution < -0.4 is 4.74 Å². The average Bonchev–Trinajstić information content (AvgIpc) is 2.45. The zero-order chi connectivity index (χ0) is 16.6. The van der Waals surface area contributed by atoms with Gasteiger partial charge < -0.3 is 4.74 Å². The molecule has 0 heterocycles. The van der Waals surface area contributed by atoms with Crippen molar-refractivity contribution in [1.29, 1.82) is 0 Å². The largest absolute Gasteiger partial charge is 0.433 e. The van der Waals surface area contributed by atoms with Crippen LogP contribution in [0.25, 0.3) is 11.1 Å². The molecule has 0 aromatic heterocycles. The van der Waals surface area contributed by atoms with E-state index in [9.17, 15) is 30.7 Å². The van der Waals surface area contributed by atoms with Gasteiger partial charge in [-0.2, -0.15) is 8.78 Å². The molecule has 2 aromatic rings. The maximum atomic E-state index is 13.6. The number of ether oxygens (including phenoxy) is 1. The molecule has 9 heteroatoms. The van der Waals surface area contributed by atoms with Crippen molar-refractivity contribution in [3.63, 3.8) is 0 Å². The molecule has 0 aliphatic carbocycles. The SMILES string of the molecule is Fc1c(F)c(F)c(-c2ccc(OC(F)F)c(Cl)c2)c(F)c1F. The van der Waals surface area contributed by atoms with Crippen molar-refractivity contribution in [2.45, 2.75) is 6.61 Å². The van der Waals surface area contributed by atoms with Gasteiger partial charge in [0, 0.05) is 0 Å². The Labute approximate surface area is 123 Å². The summed E-state index contributed by atoms with van der Waals surface area (Å²) < 4.78 is 94.5. The third-order valence-electron chi connectivity index (χ3n) is 2.65. The van der Waals surface area contributed by atoms with E-state index in [-0.39, 0.29) is 0 Å². The smallest absolute Gasteiger partial charge is 0.387 e. The van der Waals surface area contributed by atoms with Crippen LogP contribution in [0.1, 0.15) is 0 Å². The van der Waals surface area contributed by atoms with Gasteiger partial charge in [0.15, 0.2) is 23.3 Å². The lowest BCUT2D eigenvalue weighted by molar-refractivity contribution is -0.0497. The molecule has 0 saturated heterocycles. The summed E-state index contributed by atoms with van der Waals surface area (Å²) in [6.45, 7) is -3.20. The summed E-state index contributed by atoms with van der Waals surface area (Å²) in [5.74, 6) is -11.2. The topological polar surface area (TPSA) is 9.23 Å². The first-order chi connectivity index (χ1) is 10.2. The van der Waals surface area contributed by atoms with Crippen molar-refractivity contribution in [1.82, 2.24) is 0 Å². The first kappa shape index (κ1) is 16.4. The summed E-state index contributed by atoms with van der Waals surface area (Å²) in [5.41, 5.74) is -1.71. The van der Waals surface area contributed by atoms with E-state index in [1.54, 1.807) is 0 Å². The molecular formula is C13H4ClF7O. The van der Waals surface area contributed by atoms with Crippen molar-refractivity contribution < 1.29 is 35.5 Å². The van der Waals surface area contributed by atoms with E-state index in [4.69, 9.17) is 11.6 Å². The van der Waals surface area contributed by atoms with Crippen LogP contribution in [-0.4, -0.2) is 6.61 Å². The minimum absolute atomic E-state index is 0.484. The molecule has 0 atom stereocenters. The second kappa shape index (κ2) is 6.04.